The summed E-state index contributed by atoms with van der Waals surface area (Å²) in [6, 6.07) is 12.9. The molecule has 216 valence electrons. The van der Waals surface area contributed by atoms with Crippen LogP contribution >= 0.6 is 0 Å². The van der Waals surface area contributed by atoms with E-state index in [4.69, 9.17) is 4.98 Å². The number of aromatic amines is 2. The van der Waals surface area contributed by atoms with E-state index in [9.17, 15) is 4.39 Å². The Morgan fingerprint density at radius 1 is 1.02 bits per heavy atom. The van der Waals surface area contributed by atoms with Crippen LogP contribution in [0, 0.1) is 5.82 Å². The monoisotopic (exact) mass is 564 g/mol. The molecule has 5 aromatic rings. The highest BCUT2D eigenvalue weighted by atomic mass is 19.1. The number of nitrogens with zero attached hydrogens (tertiary/aromatic N) is 5. The molecule has 0 unspecified atom stereocenters. The number of halogens is 1. The molecule has 0 amide bonds. The van der Waals surface area contributed by atoms with Gasteiger partial charge in [-0.2, -0.15) is 5.10 Å². The average Bonchev–Trinajstić information content (AvgIpc) is 3.58. The third-order valence-corrected chi connectivity index (χ3v) is 6.98. The number of benzene rings is 1. The molecule has 8 nitrogen and oxygen atoms in total. The lowest BCUT2D eigenvalue weighted by atomic mass is 10.1. The van der Waals surface area contributed by atoms with Crippen molar-refractivity contribution in [3.05, 3.63) is 90.6 Å². The maximum Gasteiger partial charge on any atom is 0.135 e. The second-order valence-corrected chi connectivity index (χ2v) is 10.8. The lowest BCUT2D eigenvalue weighted by molar-refractivity contribution is 0.425. The van der Waals surface area contributed by atoms with Crippen LogP contribution in [0.1, 0.15) is 12.6 Å². The molecule has 3 N–H and O–H groups in total. The minimum absolute atomic E-state index is 0.316. The summed E-state index contributed by atoms with van der Waals surface area (Å²) in [5.74, 6) is -0.316. The van der Waals surface area contributed by atoms with Crippen LogP contribution in [0.25, 0.3) is 50.2 Å². The van der Waals surface area contributed by atoms with E-state index in [1.165, 1.54) is 12.1 Å². The zero-order valence-electron chi connectivity index (χ0n) is 24.8. The zero-order chi connectivity index (χ0) is 29.8. The van der Waals surface area contributed by atoms with Crippen molar-refractivity contribution in [2.24, 2.45) is 0 Å². The number of nitrogens with one attached hydrogen (secondary N) is 3. The number of likely N-dealkylation sites (N-methyl/N-ethyl adjacent to an activating group) is 2. The third kappa shape index (κ3) is 6.32. The first-order valence-corrected chi connectivity index (χ1v) is 13.9. The maximum atomic E-state index is 14.7. The number of rotatable bonds is 11. The van der Waals surface area contributed by atoms with Gasteiger partial charge in [-0.1, -0.05) is 18.7 Å². The number of aromatic nitrogens is 5. The fourth-order valence-corrected chi connectivity index (χ4v) is 4.95. The Kier molecular flexibility index (Phi) is 8.61. The molecule has 1 aromatic carbocycles. The first kappa shape index (κ1) is 28.9. The molecule has 0 spiro atoms. The number of H-pyrrole nitrogens is 2. The van der Waals surface area contributed by atoms with Crippen molar-refractivity contribution in [3.63, 3.8) is 0 Å². The van der Waals surface area contributed by atoms with Gasteiger partial charge in [0.25, 0.3) is 0 Å². The molecule has 9 heteroatoms. The molecule has 0 radical (unpaired) electrons. The highest BCUT2D eigenvalue weighted by Crippen LogP contribution is 2.34. The van der Waals surface area contributed by atoms with E-state index < -0.39 is 0 Å². The minimum Gasteiger partial charge on any atom is -0.384 e. The topological polar surface area (TPSA) is 88.8 Å². The average molecular weight is 565 g/mol. The van der Waals surface area contributed by atoms with Gasteiger partial charge < -0.3 is 20.1 Å². The molecular weight excluding hydrogens is 527 g/mol. The van der Waals surface area contributed by atoms with Crippen LogP contribution in [-0.2, 0) is 0 Å². The molecule has 0 bridgehead atoms. The Bertz CT molecular complexity index is 1790. The third-order valence-electron chi connectivity index (χ3n) is 6.98. The standard InChI is InChI=1S/C33H37FN8/c1-7-21(20-42(5)6)15-22(8-2)27-9-10-29-32(38-27)33(40-39-29)30-19-26-28(37-30)11-12-36-31(26)23-16-24(34)18-25(17-23)35-13-14-41(3)4/h7-12,15-19,35,37H,1,13-14,20H2,2-6H3,(H,39,40)/b21-15+,22-8+. The molecule has 0 aliphatic carbocycles. The van der Waals surface area contributed by atoms with E-state index in [2.05, 4.69) is 54.0 Å². The fraction of sp³-hybridized carbons (Fsp3) is 0.242. The molecule has 5 rings (SSSR count). The molecule has 4 heterocycles. The van der Waals surface area contributed by atoms with Crippen LogP contribution in [0.3, 0.4) is 0 Å². The number of allylic oxidation sites excluding steroid dienone is 3. The Balaban J connectivity index is 1.53. The van der Waals surface area contributed by atoms with Gasteiger partial charge in [-0.25, -0.2) is 9.37 Å². The van der Waals surface area contributed by atoms with Crippen molar-refractivity contribution < 1.29 is 4.39 Å². The number of hydrogen-bond donors (Lipinski definition) is 3. The summed E-state index contributed by atoms with van der Waals surface area (Å²) < 4.78 is 14.7. The van der Waals surface area contributed by atoms with E-state index in [1.54, 1.807) is 6.20 Å². The molecule has 0 aliphatic heterocycles. The number of hydrogen-bond acceptors (Lipinski definition) is 6. The summed E-state index contributed by atoms with van der Waals surface area (Å²) in [5.41, 5.74) is 9.04. The SMILES string of the molecule is C=C/C(=C\C(=C/C)c1ccc2[nH]nc(-c3cc4c(-c5cc(F)cc(NCCN(C)C)c5)nccc4[nH]3)c2n1)CN(C)C. The van der Waals surface area contributed by atoms with Crippen molar-refractivity contribution in [1.29, 1.82) is 0 Å². The van der Waals surface area contributed by atoms with E-state index in [0.29, 0.717) is 23.5 Å². The van der Waals surface area contributed by atoms with Gasteiger partial charge in [-0.3, -0.25) is 10.1 Å². The van der Waals surface area contributed by atoms with Crippen LogP contribution in [0.15, 0.2) is 79.0 Å². The van der Waals surface area contributed by atoms with E-state index in [1.807, 2.05) is 71.5 Å². The summed E-state index contributed by atoms with van der Waals surface area (Å²) in [5, 5.41) is 11.9. The Morgan fingerprint density at radius 2 is 1.86 bits per heavy atom. The summed E-state index contributed by atoms with van der Waals surface area (Å²) >= 11 is 0. The number of anilines is 1. The van der Waals surface area contributed by atoms with Crippen LogP contribution < -0.4 is 5.32 Å². The van der Waals surface area contributed by atoms with Crippen molar-refractivity contribution in [2.45, 2.75) is 6.92 Å². The van der Waals surface area contributed by atoms with E-state index in [0.717, 1.165) is 63.2 Å². The summed E-state index contributed by atoms with van der Waals surface area (Å²) in [4.78, 5) is 17.3. The van der Waals surface area contributed by atoms with Gasteiger partial charge in [0.15, 0.2) is 0 Å². The van der Waals surface area contributed by atoms with Gasteiger partial charge >= 0.3 is 0 Å². The van der Waals surface area contributed by atoms with Gasteiger partial charge in [-0.05, 0) is 94.8 Å². The highest BCUT2D eigenvalue weighted by Gasteiger charge is 2.17. The van der Waals surface area contributed by atoms with E-state index >= 15 is 0 Å². The zero-order valence-corrected chi connectivity index (χ0v) is 24.8. The van der Waals surface area contributed by atoms with Crippen LogP contribution in [-0.4, -0.2) is 82.8 Å². The molecule has 0 atom stereocenters. The van der Waals surface area contributed by atoms with Gasteiger partial charge in [0.05, 0.1) is 22.6 Å². The van der Waals surface area contributed by atoms with Gasteiger partial charge in [0.2, 0.25) is 0 Å². The van der Waals surface area contributed by atoms with Crippen molar-refractivity contribution in [2.75, 3.05) is 53.1 Å². The lowest BCUT2D eigenvalue weighted by Crippen LogP contribution is -2.20. The van der Waals surface area contributed by atoms with Crippen molar-refractivity contribution >= 4 is 33.2 Å². The van der Waals surface area contributed by atoms with Crippen LogP contribution in [0.4, 0.5) is 10.1 Å². The summed E-state index contributed by atoms with van der Waals surface area (Å²) in [6.45, 7) is 8.31. The second-order valence-electron chi connectivity index (χ2n) is 10.8. The van der Waals surface area contributed by atoms with Crippen molar-refractivity contribution in [3.8, 4) is 22.6 Å². The van der Waals surface area contributed by atoms with Gasteiger partial charge in [0, 0.05) is 48.0 Å². The smallest absolute Gasteiger partial charge is 0.135 e. The van der Waals surface area contributed by atoms with Gasteiger partial charge in [-0.15, -0.1) is 0 Å². The molecule has 0 aliphatic rings. The quantitative estimate of drug-likeness (QED) is 0.162. The molecule has 0 fully saturated rings. The lowest BCUT2D eigenvalue weighted by Gasteiger charge is -2.12. The molecule has 4 aromatic heterocycles. The first-order valence-electron chi connectivity index (χ1n) is 13.9. The Morgan fingerprint density at radius 3 is 2.60 bits per heavy atom. The first-order chi connectivity index (χ1) is 20.2. The Labute approximate surface area is 245 Å². The fourth-order valence-electron chi connectivity index (χ4n) is 4.95. The number of fused-ring (bicyclic) bond motifs is 2. The number of pyridine rings is 2. The maximum absolute atomic E-state index is 14.7. The normalized spacial score (nSPS) is 12.7. The van der Waals surface area contributed by atoms with Crippen LogP contribution in [0.5, 0.6) is 0 Å². The minimum atomic E-state index is -0.316. The summed E-state index contributed by atoms with van der Waals surface area (Å²) in [7, 11) is 8.08. The molecule has 42 heavy (non-hydrogen) atoms. The molecule has 0 saturated heterocycles. The molecular formula is C33H37FN8. The molecule has 0 saturated carbocycles. The van der Waals surface area contributed by atoms with Crippen LogP contribution in [0.2, 0.25) is 0 Å². The van der Waals surface area contributed by atoms with Crippen molar-refractivity contribution in [1.82, 2.24) is 34.9 Å². The predicted molar refractivity (Wildman–Crippen MR) is 172 cm³/mol. The van der Waals surface area contributed by atoms with Gasteiger partial charge in [0.1, 0.15) is 17.0 Å². The summed E-state index contributed by atoms with van der Waals surface area (Å²) in [6.07, 6.45) is 7.78. The second kappa shape index (κ2) is 12.5. The Hall–Kier alpha value is -4.60. The predicted octanol–water partition coefficient (Wildman–Crippen LogP) is 6.36. The van der Waals surface area contributed by atoms with E-state index in [-0.39, 0.29) is 5.82 Å². The largest absolute Gasteiger partial charge is 0.384 e. The highest BCUT2D eigenvalue weighted by molar-refractivity contribution is 5.99.